The number of ether oxygens (including phenoxy) is 3. The van der Waals surface area contributed by atoms with Crippen LogP contribution in [0.4, 0.5) is 0 Å². The van der Waals surface area contributed by atoms with E-state index >= 15 is 0 Å². The van der Waals surface area contributed by atoms with E-state index in [9.17, 15) is 30.0 Å². The van der Waals surface area contributed by atoms with Crippen LogP contribution in [0.2, 0.25) is 0 Å². The number of hydrogen-bond donors (Lipinski definition) is 4. The number of hydrogen-bond acceptors (Lipinski definition) is 10. The maximum absolute atomic E-state index is 12.2. The zero-order chi connectivity index (χ0) is 28.2. The van der Waals surface area contributed by atoms with Gasteiger partial charge in [0.15, 0.2) is 11.5 Å². The number of phenols is 1. The van der Waals surface area contributed by atoms with Crippen LogP contribution in [0.15, 0.2) is 33.5 Å². The number of fused-ring (bicyclic) bond motifs is 1. The lowest BCUT2D eigenvalue weighted by Crippen LogP contribution is -2.60. The molecule has 1 aromatic heterocycles. The largest absolute Gasteiger partial charge is 0.504 e. The summed E-state index contributed by atoms with van der Waals surface area (Å²) >= 11 is 0. The van der Waals surface area contributed by atoms with E-state index in [0.717, 1.165) is 19.3 Å². The lowest BCUT2D eigenvalue weighted by atomic mass is 9.99. The van der Waals surface area contributed by atoms with E-state index in [1.54, 1.807) is 0 Å². The molecule has 2 aromatic rings. The summed E-state index contributed by atoms with van der Waals surface area (Å²) in [5, 5.41) is 41.7. The predicted octanol–water partition coefficient (Wildman–Crippen LogP) is 3.93. The molecule has 39 heavy (non-hydrogen) atoms. The van der Waals surface area contributed by atoms with Gasteiger partial charge < -0.3 is 39.1 Å². The summed E-state index contributed by atoms with van der Waals surface area (Å²) in [5.41, 5.74) is -0.449. The summed E-state index contributed by atoms with van der Waals surface area (Å²) in [7, 11) is 0. The van der Waals surface area contributed by atoms with Crippen molar-refractivity contribution < 1.29 is 43.8 Å². The summed E-state index contributed by atoms with van der Waals surface area (Å²) in [4.78, 5) is 23.6. The molecule has 3 rings (SSSR count). The summed E-state index contributed by atoms with van der Waals surface area (Å²) < 4.78 is 21.4. The molecular weight excluding hydrogens is 508 g/mol. The van der Waals surface area contributed by atoms with Crippen LogP contribution in [-0.4, -0.2) is 63.7 Å². The molecule has 0 amide bonds. The third-order valence-corrected chi connectivity index (χ3v) is 7.01. The Labute approximate surface area is 228 Å². The average molecular weight is 551 g/mol. The molecule has 10 heteroatoms. The van der Waals surface area contributed by atoms with Crippen LogP contribution in [0, 0.1) is 0 Å². The number of phenolic OH excluding ortho intramolecular Hbond substituents is 1. The molecule has 0 saturated carbocycles. The minimum absolute atomic E-state index is 0.101. The van der Waals surface area contributed by atoms with Gasteiger partial charge >= 0.3 is 11.6 Å². The van der Waals surface area contributed by atoms with E-state index in [2.05, 4.69) is 6.92 Å². The normalized spacial score (nSPS) is 23.1. The number of carbonyl (C=O) groups excluding carboxylic acids is 1. The third-order valence-electron chi connectivity index (χ3n) is 7.01. The Morgan fingerprint density at radius 2 is 1.51 bits per heavy atom. The van der Waals surface area contributed by atoms with Gasteiger partial charge in [-0.25, -0.2) is 4.79 Å². The van der Waals surface area contributed by atoms with Crippen LogP contribution in [0.25, 0.3) is 11.0 Å². The molecule has 0 radical (unpaired) electrons. The number of carbonyl (C=O) groups is 1. The van der Waals surface area contributed by atoms with E-state index in [4.69, 9.17) is 18.6 Å². The highest BCUT2D eigenvalue weighted by Gasteiger charge is 2.45. The van der Waals surface area contributed by atoms with E-state index in [0.29, 0.717) is 11.8 Å². The third kappa shape index (κ3) is 9.49. The zero-order valence-electron chi connectivity index (χ0n) is 22.6. The van der Waals surface area contributed by atoms with Crippen molar-refractivity contribution in [2.24, 2.45) is 0 Å². The van der Waals surface area contributed by atoms with Gasteiger partial charge in [-0.05, 0) is 18.6 Å². The minimum atomic E-state index is -1.65. The molecule has 0 bridgehead atoms. The number of aliphatic hydroxyl groups is 3. The van der Waals surface area contributed by atoms with Crippen molar-refractivity contribution in [3.63, 3.8) is 0 Å². The Morgan fingerprint density at radius 3 is 2.18 bits per heavy atom. The zero-order valence-corrected chi connectivity index (χ0v) is 22.6. The van der Waals surface area contributed by atoms with Crippen LogP contribution in [0.3, 0.4) is 0 Å². The van der Waals surface area contributed by atoms with Crippen molar-refractivity contribution >= 4 is 16.9 Å². The Hall–Kier alpha value is -2.66. The molecule has 4 N–H and O–H groups in total. The highest BCUT2D eigenvalue weighted by molar-refractivity contribution is 5.80. The van der Waals surface area contributed by atoms with Crippen LogP contribution in [-0.2, 0) is 14.3 Å². The summed E-state index contributed by atoms with van der Waals surface area (Å²) in [6, 6.07) is 5.24. The van der Waals surface area contributed by atoms with E-state index in [-0.39, 0.29) is 30.1 Å². The maximum atomic E-state index is 12.2. The lowest BCUT2D eigenvalue weighted by molar-refractivity contribution is -0.278. The fraction of sp³-hybridized carbons (Fsp3) is 0.655. The van der Waals surface area contributed by atoms with Gasteiger partial charge in [0.2, 0.25) is 6.29 Å². The molecule has 1 saturated heterocycles. The second-order valence-corrected chi connectivity index (χ2v) is 10.2. The monoisotopic (exact) mass is 550 g/mol. The quantitative estimate of drug-likeness (QED) is 0.137. The molecule has 218 valence electrons. The second kappa shape index (κ2) is 15.8. The van der Waals surface area contributed by atoms with Crippen LogP contribution >= 0.6 is 0 Å². The Balaban J connectivity index is 1.40. The molecular formula is C29H42O10. The van der Waals surface area contributed by atoms with Crippen molar-refractivity contribution in [1.82, 2.24) is 0 Å². The number of aromatic hydroxyl groups is 1. The molecule has 1 aliphatic rings. The molecule has 10 nitrogen and oxygen atoms in total. The topological polar surface area (TPSA) is 156 Å². The fourth-order valence-corrected chi connectivity index (χ4v) is 4.64. The van der Waals surface area contributed by atoms with Gasteiger partial charge in [-0.2, -0.15) is 0 Å². The molecule has 0 aliphatic carbocycles. The maximum Gasteiger partial charge on any atom is 0.336 e. The van der Waals surface area contributed by atoms with Gasteiger partial charge in [0.1, 0.15) is 36.6 Å². The first-order valence-electron chi connectivity index (χ1n) is 14.1. The minimum Gasteiger partial charge on any atom is -0.504 e. The first kappa shape index (κ1) is 30.9. The Morgan fingerprint density at radius 1 is 0.872 bits per heavy atom. The molecule has 0 unspecified atom stereocenters. The fourth-order valence-electron chi connectivity index (χ4n) is 4.64. The summed E-state index contributed by atoms with van der Waals surface area (Å²) in [6.45, 7) is 1.88. The average Bonchev–Trinajstić information content (AvgIpc) is 2.91. The van der Waals surface area contributed by atoms with Crippen LogP contribution in [0.5, 0.6) is 11.5 Å². The van der Waals surface area contributed by atoms with E-state index in [1.807, 2.05) is 0 Å². The first-order chi connectivity index (χ1) is 18.8. The predicted molar refractivity (Wildman–Crippen MR) is 143 cm³/mol. The number of benzene rings is 1. The van der Waals surface area contributed by atoms with Crippen molar-refractivity contribution in [2.45, 2.75) is 115 Å². The van der Waals surface area contributed by atoms with Crippen molar-refractivity contribution in [1.29, 1.82) is 0 Å². The Kier molecular flexibility index (Phi) is 12.5. The van der Waals surface area contributed by atoms with Crippen LogP contribution < -0.4 is 10.4 Å². The highest BCUT2D eigenvalue weighted by Crippen LogP contribution is 2.34. The first-order valence-corrected chi connectivity index (χ1v) is 14.1. The van der Waals surface area contributed by atoms with Gasteiger partial charge in [-0.1, -0.05) is 71.1 Å². The van der Waals surface area contributed by atoms with E-state index < -0.39 is 42.3 Å². The van der Waals surface area contributed by atoms with Gasteiger partial charge in [0.25, 0.3) is 0 Å². The molecule has 0 spiro atoms. The number of aliphatic hydroxyl groups excluding tert-OH is 3. The second-order valence-electron chi connectivity index (χ2n) is 10.2. The highest BCUT2D eigenvalue weighted by atomic mass is 16.7. The van der Waals surface area contributed by atoms with Crippen molar-refractivity contribution in [3.05, 3.63) is 34.7 Å². The van der Waals surface area contributed by atoms with E-state index in [1.165, 1.54) is 69.2 Å². The number of esters is 1. The standard InChI is InChI=1S/C29H42O10/c1-2-3-4-5-6-7-8-9-10-11-12-13-24(31)36-18-23-26(33)27(34)28(35)29(39-23)38-22-16-19-14-15-25(32)37-21(19)17-20(22)30/h14-17,23,26-30,33-35H,2-13,18H2,1H3/t23-,26-,27+,28-,29+/m1/s1. The Bertz CT molecular complexity index is 1080. The number of unbranched alkanes of at least 4 members (excludes halogenated alkanes) is 10. The van der Waals surface area contributed by atoms with Crippen molar-refractivity contribution in [2.75, 3.05) is 6.61 Å². The number of rotatable bonds is 16. The molecule has 1 fully saturated rings. The van der Waals surface area contributed by atoms with Gasteiger partial charge in [-0.15, -0.1) is 0 Å². The van der Waals surface area contributed by atoms with Crippen LogP contribution in [0.1, 0.15) is 84.0 Å². The molecule has 2 heterocycles. The molecule has 1 aliphatic heterocycles. The van der Waals surface area contributed by atoms with Gasteiger partial charge in [-0.3, -0.25) is 4.79 Å². The summed E-state index contributed by atoms with van der Waals surface area (Å²) in [5.74, 6) is -0.923. The smallest absolute Gasteiger partial charge is 0.336 e. The van der Waals surface area contributed by atoms with Gasteiger partial charge in [0.05, 0.1) is 0 Å². The van der Waals surface area contributed by atoms with Gasteiger partial charge in [0, 0.05) is 23.9 Å². The SMILES string of the molecule is CCCCCCCCCCCCCC(=O)OC[C@H]1O[C@H](Oc2cc3ccc(=O)oc3cc2O)[C@H](O)[C@@H](O)[C@@H]1O. The molecule has 5 atom stereocenters. The molecule has 1 aromatic carbocycles. The van der Waals surface area contributed by atoms with Crippen molar-refractivity contribution in [3.8, 4) is 11.5 Å². The lowest BCUT2D eigenvalue weighted by Gasteiger charge is -2.39. The summed E-state index contributed by atoms with van der Waals surface area (Å²) in [6.07, 6.45) is 5.68.